The Morgan fingerprint density at radius 3 is 2.83 bits per heavy atom. The minimum Gasteiger partial charge on any atom is -0.322 e. The first-order chi connectivity index (χ1) is 11.0. The van der Waals surface area contributed by atoms with Gasteiger partial charge in [0, 0.05) is 17.1 Å². The monoisotopic (exact) mass is 371 g/mol. The van der Waals surface area contributed by atoms with Gasteiger partial charge >= 0.3 is 4.87 Å². The number of fused-ring (bicyclic) bond motifs is 1. The van der Waals surface area contributed by atoms with Crippen molar-refractivity contribution in [3.8, 4) is 0 Å². The maximum atomic E-state index is 14.5. The van der Waals surface area contributed by atoms with Crippen molar-refractivity contribution in [1.29, 1.82) is 0 Å². The summed E-state index contributed by atoms with van der Waals surface area (Å²) in [7, 11) is 0. The third-order valence-electron chi connectivity index (χ3n) is 4.16. The zero-order valence-electron chi connectivity index (χ0n) is 13.4. The Balaban J connectivity index is 0.00000208. The number of hydrogen-bond acceptors (Lipinski definition) is 4. The Bertz CT molecular complexity index is 831. The van der Waals surface area contributed by atoms with Crippen LogP contribution in [-0.4, -0.2) is 17.0 Å². The molecule has 0 aliphatic carbocycles. The van der Waals surface area contributed by atoms with Crippen molar-refractivity contribution in [3.05, 3.63) is 49.3 Å². The van der Waals surface area contributed by atoms with Crippen LogP contribution in [-0.2, 0) is 24.3 Å². The third-order valence-corrected chi connectivity index (χ3v) is 5.16. The van der Waals surface area contributed by atoms with Crippen LogP contribution in [0.15, 0.2) is 16.9 Å². The third kappa shape index (κ3) is 3.53. The van der Waals surface area contributed by atoms with E-state index in [0.717, 1.165) is 34.0 Å². The highest BCUT2D eigenvalue weighted by atomic mass is 35.5. The van der Waals surface area contributed by atoms with Crippen LogP contribution < -0.4 is 15.5 Å². The summed E-state index contributed by atoms with van der Waals surface area (Å²) in [5, 5.41) is 5.77. The molecule has 1 aromatic carbocycles. The van der Waals surface area contributed by atoms with E-state index in [1.165, 1.54) is 4.57 Å². The molecule has 0 saturated carbocycles. The first-order valence-electron chi connectivity index (χ1n) is 7.45. The molecule has 1 amide bonds. The van der Waals surface area contributed by atoms with Crippen LogP contribution in [0.3, 0.4) is 0 Å². The van der Waals surface area contributed by atoms with Crippen LogP contribution in [0.1, 0.15) is 21.7 Å². The van der Waals surface area contributed by atoms with Gasteiger partial charge in [0.1, 0.15) is 12.4 Å². The number of aryl methyl sites for hydroxylation is 1. The second-order valence-corrected chi connectivity index (χ2v) is 6.80. The number of rotatable bonds is 3. The normalized spacial score (nSPS) is 13.1. The number of benzene rings is 1. The summed E-state index contributed by atoms with van der Waals surface area (Å²) in [6.07, 6.45) is 0.604. The van der Waals surface area contributed by atoms with Gasteiger partial charge in [0.15, 0.2) is 0 Å². The van der Waals surface area contributed by atoms with E-state index in [9.17, 15) is 14.0 Å². The number of thiazole rings is 1. The highest BCUT2D eigenvalue weighted by Gasteiger charge is 2.18. The number of anilines is 1. The van der Waals surface area contributed by atoms with Crippen LogP contribution in [0.2, 0.25) is 0 Å². The predicted octanol–water partition coefficient (Wildman–Crippen LogP) is 2.37. The summed E-state index contributed by atoms with van der Waals surface area (Å²) in [4.78, 5) is 24.7. The Kier molecular flexibility index (Phi) is 5.79. The van der Waals surface area contributed by atoms with E-state index in [2.05, 4.69) is 10.6 Å². The molecule has 1 aliphatic rings. The fourth-order valence-electron chi connectivity index (χ4n) is 2.73. The molecule has 0 bridgehead atoms. The standard InChI is InChI=1S/C16H18FN3O2S.ClH/c1-9-10(2)23-16(22)20(9)8-14(21)19-13-4-3-11-7-18-6-5-12(11)15(13)17;/h3-4,18H,5-8H2,1-2H3,(H,19,21);1H. The smallest absolute Gasteiger partial charge is 0.308 e. The summed E-state index contributed by atoms with van der Waals surface area (Å²) in [6.45, 7) is 4.90. The van der Waals surface area contributed by atoms with Gasteiger partial charge in [-0.2, -0.15) is 0 Å². The lowest BCUT2D eigenvalue weighted by Crippen LogP contribution is -2.27. The minimum atomic E-state index is -0.402. The molecule has 0 atom stereocenters. The number of amides is 1. The molecule has 2 N–H and O–H groups in total. The molecule has 0 fully saturated rings. The molecule has 2 aromatic rings. The molecular weight excluding hydrogens is 353 g/mol. The van der Waals surface area contributed by atoms with E-state index < -0.39 is 5.91 Å². The average molecular weight is 372 g/mol. The van der Waals surface area contributed by atoms with Crippen molar-refractivity contribution in [2.24, 2.45) is 0 Å². The molecule has 0 saturated heterocycles. The number of hydrogen-bond donors (Lipinski definition) is 2. The lowest BCUT2D eigenvalue weighted by atomic mass is 9.99. The molecule has 2 heterocycles. The molecule has 130 valence electrons. The van der Waals surface area contributed by atoms with Gasteiger partial charge in [-0.25, -0.2) is 4.39 Å². The van der Waals surface area contributed by atoms with Crippen molar-refractivity contribution in [2.75, 3.05) is 11.9 Å². The first kappa shape index (κ1) is 18.6. The maximum Gasteiger partial charge on any atom is 0.308 e. The SMILES string of the molecule is Cc1sc(=O)n(CC(=O)Nc2ccc3c(c2F)CCNC3)c1C.Cl. The molecule has 0 spiro atoms. The molecule has 0 radical (unpaired) electrons. The summed E-state index contributed by atoms with van der Waals surface area (Å²) < 4.78 is 15.9. The zero-order chi connectivity index (χ0) is 16.6. The van der Waals surface area contributed by atoms with Gasteiger partial charge in [-0.1, -0.05) is 17.4 Å². The molecular formula is C16H19ClFN3O2S. The van der Waals surface area contributed by atoms with Crippen LogP contribution >= 0.6 is 23.7 Å². The van der Waals surface area contributed by atoms with Gasteiger partial charge in [-0.3, -0.25) is 14.2 Å². The zero-order valence-corrected chi connectivity index (χ0v) is 15.1. The second kappa shape index (κ2) is 7.46. The Hall–Kier alpha value is -1.70. The Morgan fingerprint density at radius 1 is 1.42 bits per heavy atom. The van der Waals surface area contributed by atoms with Crippen molar-refractivity contribution >= 4 is 35.3 Å². The number of carbonyl (C=O) groups is 1. The van der Waals surface area contributed by atoms with Crippen molar-refractivity contribution < 1.29 is 9.18 Å². The largest absolute Gasteiger partial charge is 0.322 e. The molecule has 0 unspecified atom stereocenters. The van der Waals surface area contributed by atoms with E-state index in [1.807, 2.05) is 13.0 Å². The van der Waals surface area contributed by atoms with E-state index in [-0.39, 0.29) is 35.3 Å². The molecule has 5 nitrogen and oxygen atoms in total. The van der Waals surface area contributed by atoms with E-state index in [0.29, 0.717) is 18.5 Å². The van der Waals surface area contributed by atoms with Crippen LogP contribution in [0.4, 0.5) is 10.1 Å². The first-order valence-corrected chi connectivity index (χ1v) is 8.26. The number of aromatic nitrogens is 1. The number of nitrogens with one attached hydrogen (secondary N) is 2. The van der Waals surface area contributed by atoms with Gasteiger partial charge in [0.25, 0.3) is 0 Å². The lowest BCUT2D eigenvalue weighted by Gasteiger charge is -2.19. The Labute approximate surface area is 149 Å². The summed E-state index contributed by atoms with van der Waals surface area (Å²) >= 11 is 1.11. The van der Waals surface area contributed by atoms with Gasteiger partial charge in [-0.15, -0.1) is 12.4 Å². The molecule has 24 heavy (non-hydrogen) atoms. The van der Waals surface area contributed by atoms with Gasteiger partial charge in [-0.05, 0) is 44.0 Å². The molecule has 1 aliphatic heterocycles. The van der Waals surface area contributed by atoms with Crippen molar-refractivity contribution in [3.63, 3.8) is 0 Å². The second-order valence-electron chi connectivity index (χ2n) is 5.64. The summed E-state index contributed by atoms with van der Waals surface area (Å²) in [5.41, 5.74) is 2.52. The predicted molar refractivity (Wildman–Crippen MR) is 95.7 cm³/mol. The number of halogens is 2. The fraction of sp³-hybridized carbons (Fsp3) is 0.375. The average Bonchev–Trinajstić information content (AvgIpc) is 2.77. The van der Waals surface area contributed by atoms with Crippen LogP contribution in [0.5, 0.6) is 0 Å². The molecule has 3 rings (SSSR count). The summed E-state index contributed by atoms with van der Waals surface area (Å²) in [6, 6.07) is 3.40. The quantitative estimate of drug-likeness (QED) is 0.870. The number of nitrogens with zero attached hydrogens (tertiary/aromatic N) is 1. The van der Waals surface area contributed by atoms with Crippen molar-refractivity contribution in [2.45, 2.75) is 33.4 Å². The topological polar surface area (TPSA) is 63.1 Å². The van der Waals surface area contributed by atoms with Crippen LogP contribution in [0.25, 0.3) is 0 Å². The van der Waals surface area contributed by atoms with Crippen LogP contribution in [0, 0.1) is 19.7 Å². The van der Waals surface area contributed by atoms with E-state index >= 15 is 0 Å². The maximum absolute atomic E-state index is 14.5. The van der Waals surface area contributed by atoms with E-state index in [4.69, 9.17) is 0 Å². The Morgan fingerprint density at radius 2 is 2.17 bits per heavy atom. The van der Waals surface area contributed by atoms with Gasteiger partial charge in [0.05, 0.1) is 5.69 Å². The highest BCUT2D eigenvalue weighted by Crippen LogP contribution is 2.24. The van der Waals surface area contributed by atoms with Gasteiger partial charge in [0.2, 0.25) is 5.91 Å². The molecule has 8 heteroatoms. The summed E-state index contributed by atoms with van der Waals surface area (Å²) in [5.74, 6) is -0.774. The highest BCUT2D eigenvalue weighted by molar-refractivity contribution is 7.09. The van der Waals surface area contributed by atoms with Gasteiger partial charge < -0.3 is 10.6 Å². The fourth-order valence-corrected chi connectivity index (χ4v) is 3.56. The number of carbonyl (C=O) groups excluding carboxylic acids is 1. The molecule has 1 aromatic heterocycles. The lowest BCUT2D eigenvalue weighted by molar-refractivity contribution is -0.116. The minimum absolute atomic E-state index is 0. The van der Waals surface area contributed by atoms with Crippen molar-refractivity contribution in [1.82, 2.24) is 9.88 Å². The van der Waals surface area contributed by atoms with E-state index in [1.54, 1.807) is 13.0 Å².